The summed E-state index contributed by atoms with van der Waals surface area (Å²) in [6.45, 7) is -0.211. The van der Waals surface area contributed by atoms with E-state index in [2.05, 4.69) is 21.0 Å². The molecule has 0 spiro atoms. The van der Waals surface area contributed by atoms with Gasteiger partial charge in [-0.3, -0.25) is 0 Å². The molecular weight excluding hydrogens is 353 g/mol. The molecule has 0 aliphatic rings. The minimum absolute atomic E-state index is 0.0250. The number of aromatic nitrogens is 3. The van der Waals surface area contributed by atoms with Gasteiger partial charge in [0.2, 0.25) is 0 Å². The van der Waals surface area contributed by atoms with Crippen LogP contribution < -0.4 is 11.4 Å². The number of nitrogens with zero attached hydrogens (tertiary/aromatic N) is 3. The van der Waals surface area contributed by atoms with Crippen LogP contribution in [-0.2, 0) is 6.54 Å². The summed E-state index contributed by atoms with van der Waals surface area (Å²) in [5, 5.41) is 3.76. The zero-order valence-corrected chi connectivity index (χ0v) is 12.1. The Balaban J connectivity index is 2.44. The highest BCUT2D eigenvalue weighted by atomic mass is 79.9. The van der Waals surface area contributed by atoms with E-state index >= 15 is 0 Å². The highest BCUT2D eigenvalue weighted by molar-refractivity contribution is 9.10. The average Bonchev–Trinajstić information content (AvgIpc) is 2.82. The third kappa shape index (κ3) is 3.08. The van der Waals surface area contributed by atoms with E-state index in [1.54, 1.807) is 0 Å². The van der Waals surface area contributed by atoms with Gasteiger partial charge in [-0.1, -0.05) is 0 Å². The predicted molar refractivity (Wildman–Crippen MR) is 73.7 cm³/mol. The van der Waals surface area contributed by atoms with Gasteiger partial charge in [-0.15, -0.1) is 0 Å². The molecule has 0 radical (unpaired) electrons. The maximum Gasteiger partial charge on any atom is 0.350 e. The van der Waals surface area contributed by atoms with Gasteiger partial charge < -0.3 is 5.73 Å². The van der Waals surface area contributed by atoms with Crippen LogP contribution in [0.1, 0.15) is 0 Å². The van der Waals surface area contributed by atoms with Gasteiger partial charge in [-0.05, 0) is 33.6 Å². The second-order valence-electron chi connectivity index (χ2n) is 4.14. The van der Waals surface area contributed by atoms with Crippen LogP contribution in [0.2, 0.25) is 0 Å². The Bertz CT molecular complexity index is 730. The van der Waals surface area contributed by atoms with E-state index in [-0.39, 0.29) is 28.8 Å². The Morgan fingerprint density at radius 1 is 1.38 bits per heavy atom. The van der Waals surface area contributed by atoms with Crippen LogP contribution in [0.4, 0.5) is 13.2 Å². The minimum atomic E-state index is -0.851. The quantitative estimate of drug-likeness (QED) is 0.844. The van der Waals surface area contributed by atoms with Crippen LogP contribution in [0.5, 0.6) is 0 Å². The van der Waals surface area contributed by atoms with Crippen molar-refractivity contribution in [2.75, 3.05) is 6.54 Å². The molecule has 0 aliphatic carbocycles. The molecule has 0 bridgehead atoms. The number of halogens is 4. The minimum Gasteiger partial charge on any atom is -0.327 e. The van der Waals surface area contributed by atoms with Crippen LogP contribution in [0.15, 0.2) is 39.6 Å². The molecule has 0 saturated heterocycles. The van der Waals surface area contributed by atoms with Crippen LogP contribution in [0.3, 0.4) is 0 Å². The molecule has 2 N–H and O–H groups in total. The van der Waals surface area contributed by atoms with E-state index in [4.69, 9.17) is 5.73 Å². The van der Waals surface area contributed by atoms with Crippen LogP contribution >= 0.6 is 15.9 Å². The first kappa shape index (κ1) is 15.5. The summed E-state index contributed by atoms with van der Waals surface area (Å²) >= 11 is 2.74. The van der Waals surface area contributed by atoms with Crippen molar-refractivity contribution in [2.45, 2.75) is 6.54 Å². The molecule has 2 aromatic rings. The number of rotatable bonds is 4. The van der Waals surface area contributed by atoms with Crippen molar-refractivity contribution in [3.63, 3.8) is 0 Å². The Morgan fingerprint density at radius 2 is 2.00 bits per heavy atom. The molecule has 0 unspecified atom stereocenters. The Hall–Kier alpha value is -1.87. The lowest BCUT2D eigenvalue weighted by Gasteiger charge is -2.04. The fourth-order valence-corrected chi connectivity index (χ4v) is 1.87. The van der Waals surface area contributed by atoms with Crippen molar-refractivity contribution < 1.29 is 13.2 Å². The lowest BCUT2D eigenvalue weighted by atomic mass is 10.3. The van der Waals surface area contributed by atoms with Crippen molar-refractivity contribution in [2.24, 2.45) is 5.73 Å². The van der Waals surface area contributed by atoms with E-state index in [0.717, 1.165) is 27.7 Å². The van der Waals surface area contributed by atoms with Crippen molar-refractivity contribution in [3.8, 4) is 5.69 Å². The van der Waals surface area contributed by atoms with E-state index in [9.17, 15) is 18.0 Å². The Kier molecular flexibility index (Phi) is 4.63. The van der Waals surface area contributed by atoms with Crippen molar-refractivity contribution in [1.29, 1.82) is 0 Å². The van der Waals surface area contributed by atoms with Gasteiger partial charge >= 0.3 is 5.69 Å². The molecule has 0 fully saturated rings. The third-order valence-corrected chi connectivity index (χ3v) is 3.51. The highest BCUT2D eigenvalue weighted by Gasteiger charge is 2.13. The largest absolute Gasteiger partial charge is 0.350 e. The first-order chi connectivity index (χ1) is 9.97. The zero-order chi connectivity index (χ0) is 15.6. The molecule has 1 aromatic carbocycles. The smallest absolute Gasteiger partial charge is 0.327 e. The van der Waals surface area contributed by atoms with Gasteiger partial charge in [-0.25, -0.2) is 27.2 Å². The zero-order valence-electron chi connectivity index (χ0n) is 10.6. The molecule has 21 heavy (non-hydrogen) atoms. The Labute approximate surface area is 125 Å². The molecule has 9 heteroatoms. The SMILES string of the molecule is NC/C(=C/F)Cn1ncn(-c2cc(F)c(Br)c(F)c2)c1=O. The van der Waals surface area contributed by atoms with Crippen LogP contribution in [-0.4, -0.2) is 20.9 Å². The first-order valence-corrected chi connectivity index (χ1v) is 6.54. The maximum absolute atomic E-state index is 13.5. The van der Waals surface area contributed by atoms with E-state index in [0.29, 0.717) is 6.33 Å². The van der Waals surface area contributed by atoms with Gasteiger partial charge in [0.1, 0.15) is 18.0 Å². The summed E-state index contributed by atoms with van der Waals surface area (Å²) in [6.07, 6.45) is 1.39. The van der Waals surface area contributed by atoms with E-state index < -0.39 is 17.3 Å². The molecule has 112 valence electrons. The summed E-state index contributed by atoms with van der Waals surface area (Å²) in [7, 11) is 0. The summed E-state index contributed by atoms with van der Waals surface area (Å²) in [6, 6.07) is 1.96. The predicted octanol–water partition coefficient (Wildman–Crippen LogP) is 1.89. The topological polar surface area (TPSA) is 65.8 Å². The number of hydrogen-bond donors (Lipinski definition) is 1. The van der Waals surface area contributed by atoms with Gasteiger partial charge in [0.15, 0.2) is 0 Å². The van der Waals surface area contributed by atoms with Gasteiger partial charge in [-0.2, -0.15) is 5.10 Å². The number of nitrogens with two attached hydrogens (primary N) is 1. The summed E-state index contributed by atoms with van der Waals surface area (Å²) < 4.78 is 41.0. The average molecular weight is 363 g/mol. The molecule has 2 rings (SSSR count). The van der Waals surface area contributed by atoms with Crippen molar-refractivity contribution in [3.05, 3.63) is 57.0 Å². The Morgan fingerprint density at radius 3 is 2.52 bits per heavy atom. The molecule has 0 atom stereocenters. The molecule has 0 saturated carbocycles. The van der Waals surface area contributed by atoms with Crippen molar-refractivity contribution in [1.82, 2.24) is 14.3 Å². The lowest BCUT2D eigenvalue weighted by Crippen LogP contribution is -2.26. The highest BCUT2D eigenvalue weighted by Crippen LogP contribution is 2.22. The second kappa shape index (κ2) is 6.27. The molecule has 0 aliphatic heterocycles. The molecule has 0 amide bonds. The standard InChI is InChI=1S/C12H10BrF3N4O/c13-11-9(15)1-8(2-10(11)16)19-6-18-20(12(19)21)5-7(3-14)4-17/h1-3,6H,4-5,17H2/b7-3-. The fraction of sp³-hybridized carbons (Fsp3) is 0.167. The normalized spacial score (nSPS) is 12.0. The summed E-state index contributed by atoms with van der Waals surface area (Å²) in [4.78, 5) is 12.1. The first-order valence-electron chi connectivity index (χ1n) is 5.75. The van der Waals surface area contributed by atoms with Crippen LogP contribution in [0.25, 0.3) is 5.69 Å². The van der Waals surface area contributed by atoms with Gasteiger partial charge in [0, 0.05) is 6.54 Å². The molecule has 1 heterocycles. The van der Waals surface area contributed by atoms with Gasteiger partial charge in [0.25, 0.3) is 0 Å². The fourth-order valence-electron chi connectivity index (χ4n) is 1.64. The molecule has 5 nitrogen and oxygen atoms in total. The van der Waals surface area contributed by atoms with E-state index in [1.807, 2.05) is 0 Å². The summed E-state index contributed by atoms with van der Waals surface area (Å²) in [5.41, 5.74) is 4.77. The number of hydrogen-bond acceptors (Lipinski definition) is 3. The summed E-state index contributed by atoms with van der Waals surface area (Å²) in [5.74, 6) is -1.70. The molecule has 1 aromatic heterocycles. The molecular formula is C12H10BrF3N4O. The lowest BCUT2D eigenvalue weighted by molar-refractivity contribution is 0.569. The van der Waals surface area contributed by atoms with Gasteiger partial charge in [0.05, 0.1) is 23.0 Å². The van der Waals surface area contributed by atoms with E-state index in [1.165, 1.54) is 0 Å². The third-order valence-electron chi connectivity index (χ3n) is 2.75. The second-order valence-corrected chi connectivity index (χ2v) is 4.93. The van der Waals surface area contributed by atoms with Crippen LogP contribution in [0, 0.1) is 11.6 Å². The number of benzene rings is 1. The maximum atomic E-state index is 13.5. The monoisotopic (exact) mass is 362 g/mol. The van der Waals surface area contributed by atoms with Crippen molar-refractivity contribution >= 4 is 15.9 Å².